The molecule has 135 valence electrons. The van der Waals surface area contributed by atoms with Gasteiger partial charge in [0.05, 0.1) is 11.2 Å². The molecule has 8 heteroatoms. The minimum Gasteiger partial charge on any atom is -0.424 e. The number of aryl methyl sites for hydroxylation is 2. The predicted octanol–water partition coefficient (Wildman–Crippen LogP) is 5.63. The number of rotatable bonds is 3. The van der Waals surface area contributed by atoms with E-state index in [2.05, 4.69) is 15.0 Å². The zero-order valence-electron chi connectivity index (χ0n) is 14.3. The van der Waals surface area contributed by atoms with Gasteiger partial charge in [-0.15, -0.1) is 0 Å². The lowest BCUT2D eigenvalue weighted by Gasteiger charge is -2.03. The fourth-order valence-corrected chi connectivity index (χ4v) is 2.73. The lowest BCUT2D eigenvalue weighted by molar-refractivity contribution is 0.348. The summed E-state index contributed by atoms with van der Waals surface area (Å²) in [4.78, 5) is 12.5. The largest absolute Gasteiger partial charge is 0.424 e. The van der Waals surface area contributed by atoms with E-state index in [1.165, 1.54) is 18.3 Å². The molecular formula is C19H12ClFN3O3. The highest BCUT2D eigenvalue weighted by Gasteiger charge is 2.15. The lowest BCUT2D eigenvalue weighted by atomic mass is 10.1. The summed E-state index contributed by atoms with van der Waals surface area (Å²) in [6.45, 7) is 3.47. The molecule has 1 radical (unpaired) electrons. The summed E-state index contributed by atoms with van der Waals surface area (Å²) < 4.78 is 24.6. The molecule has 2 heterocycles. The molecule has 4 rings (SSSR count). The molecule has 0 aliphatic heterocycles. The quantitative estimate of drug-likeness (QED) is 0.457. The minimum absolute atomic E-state index is 0.00622. The number of fused-ring (bicyclic) bond motifs is 1. The van der Waals surface area contributed by atoms with Gasteiger partial charge in [-0.3, -0.25) is 5.11 Å². The van der Waals surface area contributed by atoms with Crippen LogP contribution in [-0.4, -0.2) is 15.0 Å². The number of oxazole rings is 1. The molecule has 0 amide bonds. The average molecular weight is 385 g/mol. The van der Waals surface area contributed by atoms with Gasteiger partial charge in [-0.25, -0.2) is 14.4 Å². The second kappa shape index (κ2) is 6.51. The first-order chi connectivity index (χ1) is 12.9. The van der Waals surface area contributed by atoms with Gasteiger partial charge in [-0.2, -0.15) is 4.98 Å². The maximum Gasteiger partial charge on any atom is 0.325 e. The SMILES string of the molecule is Cc1cc(-c2nc3cnc(Oc4ccc(Cl)c(F)c4)nc3o2)cc(C)c1[O]. The Morgan fingerprint density at radius 1 is 1.11 bits per heavy atom. The van der Waals surface area contributed by atoms with Gasteiger partial charge in [-0.05, 0) is 49.2 Å². The van der Waals surface area contributed by atoms with Gasteiger partial charge >= 0.3 is 6.01 Å². The Morgan fingerprint density at radius 3 is 2.56 bits per heavy atom. The van der Waals surface area contributed by atoms with Gasteiger partial charge in [0.1, 0.15) is 17.1 Å². The Bertz CT molecular complexity index is 1150. The van der Waals surface area contributed by atoms with Crippen LogP contribution in [0.2, 0.25) is 5.02 Å². The summed E-state index contributed by atoms with van der Waals surface area (Å²) >= 11 is 5.65. The van der Waals surface area contributed by atoms with Crippen LogP contribution >= 0.6 is 11.6 Å². The third kappa shape index (κ3) is 3.29. The monoisotopic (exact) mass is 384 g/mol. The maximum atomic E-state index is 13.5. The van der Waals surface area contributed by atoms with Crippen LogP contribution in [0.4, 0.5) is 4.39 Å². The van der Waals surface area contributed by atoms with E-state index in [-0.39, 0.29) is 28.2 Å². The van der Waals surface area contributed by atoms with E-state index in [9.17, 15) is 9.50 Å². The fraction of sp³-hybridized carbons (Fsp3) is 0.105. The Morgan fingerprint density at radius 2 is 1.85 bits per heavy atom. The predicted molar refractivity (Wildman–Crippen MR) is 96.1 cm³/mol. The van der Waals surface area contributed by atoms with Crippen LogP contribution in [0.15, 0.2) is 40.9 Å². The summed E-state index contributed by atoms with van der Waals surface area (Å²) in [5.41, 5.74) is 2.52. The summed E-state index contributed by atoms with van der Waals surface area (Å²) in [5.74, 6) is -0.0984. The van der Waals surface area contributed by atoms with Crippen molar-refractivity contribution in [3.05, 3.63) is 58.5 Å². The van der Waals surface area contributed by atoms with Crippen molar-refractivity contribution in [2.75, 3.05) is 0 Å². The zero-order valence-corrected chi connectivity index (χ0v) is 15.0. The van der Waals surface area contributed by atoms with Gasteiger partial charge in [0, 0.05) is 11.6 Å². The van der Waals surface area contributed by atoms with E-state index in [1.807, 2.05) is 0 Å². The van der Waals surface area contributed by atoms with Gasteiger partial charge < -0.3 is 9.15 Å². The van der Waals surface area contributed by atoms with Crippen LogP contribution in [0.3, 0.4) is 0 Å². The molecule has 0 bridgehead atoms. The number of hydrogen-bond acceptors (Lipinski definition) is 5. The number of aromatic nitrogens is 3. The maximum absolute atomic E-state index is 13.5. The summed E-state index contributed by atoms with van der Waals surface area (Å²) in [7, 11) is 0. The van der Waals surface area contributed by atoms with E-state index in [4.69, 9.17) is 20.8 Å². The highest BCUT2D eigenvalue weighted by Crippen LogP contribution is 2.31. The lowest BCUT2D eigenvalue weighted by Crippen LogP contribution is -1.92. The molecule has 6 nitrogen and oxygen atoms in total. The molecule has 0 unspecified atom stereocenters. The highest BCUT2D eigenvalue weighted by molar-refractivity contribution is 6.30. The molecular weight excluding hydrogens is 373 g/mol. The van der Waals surface area contributed by atoms with E-state index in [0.29, 0.717) is 28.1 Å². The van der Waals surface area contributed by atoms with Crippen LogP contribution in [0.5, 0.6) is 17.5 Å². The molecule has 0 saturated heterocycles. The third-order valence-corrected chi connectivity index (χ3v) is 4.24. The van der Waals surface area contributed by atoms with Gasteiger partial charge in [0.15, 0.2) is 5.75 Å². The molecule has 0 fully saturated rings. The van der Waals surface area contributed by atoms with Crippen LogP contribution in [-0.2, 0) is 5.11 Å². The Kier molecular flexibility index (Phi) is 4.16. The Labute approximate surface area is 158 Å². The van der Waals surface area contributed by atoms with Crippen LogP contribution < -0.4 is 4.74 Å². The van der Waals surface area contributed by atoms with E-state index >= 15 is 0 Å². The number of benzene rings is 2. The summed E-state index contributed by atoms with van der Waals surface area (Å²) in [6.07, 6.45) is 1.44. The van der Waals surface area contributed by atoms with Gasteiger partial charge in [0.2, 0.25) is 5.89 Å². The van der Waals surface area contributed by atoms with Crippen molar-refractivity contribution >= 4 is 22.8 Å². The molecule has 27 heavy (non-hydrogen) atoms. The van der Waals surface area contributed by atoms with E-state index < -0.39 is 5.82 Å². The molecule has 0 spiro atoms. The van der Waals surface area contributed by atoms with Crippen LogP contribution in [0.1, 0.15) is 11.1 Å². The number of nitrogens with zero attached hydrogens (tertiary/aromatic N) is 3. The molecule has 0 aliphatic rings. The van der Waals surface area contributed by atoms with Crippen LogP contribution in [0.25, 0.3) is 22.7 Å². The molecule has 0 atom stereocenters. The van der Waals surface area contributed by atoms with Crippen molar-refractivity contribution in [2.45, 2.75) is 13.8 Å². The molecule has 4 aromatic rings. The topological polar surface area (TPSA) is 80.9 Å². The standard InChI is InChI=1S/C19H12ClFN3O3/c1-9-5-11(6-10(2)16(9)25)17-23-15-8-22-19(24-18(15)27-17)26-12-3-4-13(20)14(21)7-12/h3-8H,1-2H3. The highest BCUT2D eigenvalue weighted by atomic mass is 35.5. The fourth-order valence-electron chi connectivity index (χ4n) is 2.61. The molecule has 2 aromatic heterocycles. The first-order valence-corrected chi connectivity index (χ1v) is 8.33. The first kappa shape index (κ1) is 17.2. The molecule has 2 aromatic carbocycles. The number of ether oxygens (including phenoxy) is 1. The van der Waals surface area contributed by atoms with Gasteiger partial charge in [0.25, 0.3) is 5.71 Å². The number of hydrogen-bond donors (Lipinski definition) is 0. The first-order valence-electron chi connectivity index (χ1n) is 7.96. The zero-order chi connectivity index (χ0) is 19.1. The minimum atomic E-state index is -0.607. The second-order valence-electron chi connectivity index (χ2n) is 5.98. The van der Waals surface area contributed by atoms with Crippen molar-refractivity contribution in [3.8, 4) is 29.0 Å². The smallest absolute Gasteiger partial charge is 0.325 e. The van der Waals surface area contributed by atoms with Crippen molar-refractivity contribution < 1.29 is 18.7 Å². The molecule has 0 N–H and O–H groups in total. The summed E-state index contributed by atoms with van der Waals surface area (Å²) in [6, 6.07) is 7.41. The number of halogens is 2. The van der Waals surface area contributed by atoms with Crippen molar-refractivity contribution in [1.29, 1.82) is 0 Å². The second-order valence-corrected chi connectivity index (χ2v) is 6.39. The van der Waals surface area contributed by atoms with Crippen LogP contribution in [0, 0.1) is 19.7 Å². The molecule has 0 saturated carbocycles. The summed E-state index contributed by atoms with van der Waals surface area (Å²) in [5, 5.41) is 11.9. The van der Waals surface area contributed by atoms with Crippen molar-refractivity contribution in [3.63, 3.8) is 0 Å². The van der Waals surface area contributed by atoms with Crippen molar-refractivity contribution in [2.24, 2.45) is 0 Å². The van der Waals surface area contributed by atoms with Crippen molar-refractivity contribution in [1.82, 2.24) is 15.0 Å². The third-order valence-electron chi connectivity index (χ3n) is 3.94. The van der Waals surface area contributed by atoms with E-state index in [0.717, 1.165) is 6.07 Å². The normalized spacial score (nSPS) is 11.1. The Balaban J connectivity index is 1.68. The Hall–Kier alpha value is -3.19. The van der Waals surface area contributed by atoms with Gasteiger partial charge in [-0.1, -0.05) is 11.6 Å². The van der Waals surface area contributed by atoms with E-state index in [1.54, 1.807) is 26.0 Å². The average Bonchev–Trinajstić information content (AvgIpc) is 3.06. The molecule has 0 aliphatic carbocycles.